The van der Waals surface area contributed by atoms with Gasteiger partial charge in [0.15, 0.2) is 0 Å². The molecule has 24 rings (SSSR count). The van der Waals surface area contributed by atoms with Crippen molar-refractivity contribution in [2.45, 2.75) is 30.4 Å². The molecule has 0 bridgehead atoms. The van der Waals surface area contributed by atoms with E-state index in [1.807, 2.05) is 48.1 Å². The first-order valence-electron chi connectivity index (χ1n) is 37.5. The van der Waals surface area contributed by atoms with Crippen molar-refractivity contribution >= 4 is 125 Å². The minimum absolute atomic E-state index is 0.647. The van der Waals surface area contributed by atoms with Crippen molar-refractivity contribution in [1.82, 2.24) is 15.0 Å². The molecule has 0 radical (unpaired) electrons. The summed E-state index contributed by atoms with van der Waals surface area (Å²) in [5, 5.41) is 3.25. The summed E-state index contributed by atoms with van der Waals surface area (Å²) < 4.78 is 0. The van der Waals surface area contributed by atoms with Crippen LogP contribution in [0, 0.1) is 0 Å². The fraction of sp³-hybridized carbons (Fsp3) is 0.0198. The van der Waals surface area contributed by atoms with Gasteiger partial charge in [-0.3, -0.25) is 14.9 Å². The molecule has 9 heteroatoms. The zero-order valence-corrected chi connectivity index (χ0v) is 60.8. The summed E-state index contributed by atoms with van der Waals surface area (Å²) >= 11 is 3.79. The van der Waals surface area contributed by atoms with E-state index in [4.69, 9.17) is 15.0 Å². The minimum Gasteiger partial charge on any atom is -0.310 e. The average molecular weight is 1440 g/mol. The van der Waals surface area contributed by atoms with E-state index in [0.29, 0.717) is 0 Å². The van der Waals surface area contributed by atoms with Crippen LogP contribution < -0.4 is 19.6 Å². The molecule has 512 valence electrons. The summed E-state index contributed by atoms with van der Waals surface area (Å²) in [6, 6.07) is 133. The summed E-state index contributed by atoms with van der Waals surface area (Å²) in [6.07, 6.45) is 3.77. The van der Waals surface area contributed by atoms with Crippen molar-refractivity contribution in [2.75, 3.05) is 19.6 Å². The summed E-state index contributed by atoms with van der Waals surface area (Å²) in [5.74, 6) is 0.852. The Morgan fingerprint density at radius 3 is 1.32 bits per heavy atom. The molecule has 0 saturated carbocycles. The Bertz CT molecular complexity index is 6890. The monoisotopic (exact) mass is 1440 g/mol. The van der Waals surface area contributed by atoms with E-state index >= 15 is 0 Å². The highest BCUT2D eigenvalue weighted by molar-refractivity contribution is 8.00. The van der Waals surface area contributed by atoms with Gasteiger partial charge in [0.25, 0.3) is 0 Å². The van der Waals surface area contributed by atoms with E-state index in [2.05, 4.69) is 365 Å². The summed E-state index contributed by atoms with van der Waals surface area (Å²) in [4.78, 5) is 30.0. The van der Waals surface area contributed by atoms with Crippen LogP contribution in [0.3, 0.4) is 0 Å². The minimum atomic E-state index is -0.688. The Hall–Kier alpha value is -13.6. The topological polar surface area (TPSA) is 51.6 Å². The molecule has 0 fully saturated rings. The molecule has 15 aromatic carbocycles. The van der Waals surface area contributed by atoms with Crippen LogP contribution in [0.5, 0.6) is 0 Å². The first-order valence-corrected chi connectivity index (χ1v) is 39.2. The SMILES string of the molecule is c1ccc(N2c3ccccc3C3(c4ccccc4-c4c3ccc3c4Sc4c(-c5cccc(N6c7ccccc7C7(c8ccccc8-c8c7ccc7c8Sc8ccccc8N7c7ccc8ccc9cccnc9c8n7)c7ccccc76)c5)cccc4N3c3ccc(-c4cccc5cccnc45)cc3)c3ccccc32)cc1. The van der Waals surface area contributed by atoms with Crippen molar-refractivity contribution < 1.29 is 0 Å². The standard InChI is InChI=1S/C101H61N7S2/c1-2-27-67(28-3-1)105-82-40-12-8-36-76(82)100(77-37-9-13-41-83(77)105)75-35-7-5-31-73(75)93-81(100)54-56-88-99(93)110-97-71(33-20-45-87(97)106(88)68-52-49-62(50-53-68)70-32-19-23-63-25-21-59-102-94(63)70)66-24-18-29-69(61-66)107-84-42-14-10-38-78(84)101(79-39-11-15-43-85(79)107)74-34-6-4-30-72(74)92-80(101)55-57-89-98(92)109-90-46-17-16-44-86(90)108(89)91-58-51-65-48-47-64-26-22-60-103-95(64)96(65)104-91/h1-61H. The van der Waals surface area contributed by atoms with Gasteiger partial charge in [0.1, 0.15) is 5.82 Å². The molecule has 0 N–H and O–H groups in total. The number of hydrogen-bond acceptors (Lipinski definition) is 9. The lowest BCUT2D eigenvalue weighted by Crippen LogP contribution is -2.36. The number of benzene rings is 15. The number of hydrogen-bond donors (Lipinski definition) is 0. The van der Waals surface area contributed by atoms with Crippen LogP contribution in [0.1, 0.15) is 44.5 Å². The normalized spacial score (nSPS) is 14.4. The second kappa shape index (κ2) is 23.5. The first kappa shape index (κ1) is 61.6. The maximum Gasteiger partial charge on any atom is 0.138 e. The van der Waals surface area contributed by atoms with E-state index in [1.165, 1.54) is 97.7 Å². The maximum absolute atomic E-state index is 5.53. The van der Waals surface area contributed by atoms with E-state index in [9.17, 15) is 0 Å². The van der Waals surface area contributed by atoms with E-state index in [1.54, 1.807) is 0 Å². The predicted molar refractivity (Wildman–Crippen MR) is 452 cm³/mol. The third-order valence-corrected chi connectivity index (χ3v) is 26.3. The van der Waals surface area contributed by atoms with Gasteiger partial charge in [0.05, 0.1) is 72.9 Å². The van der Waals surface area contributed by atoms with Crippen LogP contribution in [-0.2, 0) is 10.8 Å². The van der Waals surface area contributed by atoms with Crippen LogP contribution in [0.15, 0.2) is 390 Å². The fourth-order valence-electron chi connectivity index (χ4n) is 19.5. The summed E-state index contributed by atoms with van der Waals surface area (Å²) in [6.45, 7) is 0. The van der Waals surface area contributed by atoms with Crippen molar-refractivity contribution in [3.8, 4) is 44.5 Å². The van der Waals surface area contributed by atoms with Crippen LogP contribution in [-0.4, -0.2) is 15.0 Å². The molecule has 3 aromatic heterocycles. The lowest BCUT2D eigenvalue weighted by molar-refractivity contribution is 0.751. The van der Waals surface area contributed by atoms with Gasteiger partial charge in [-0.1, -0.05) is 266 Å². The Morgan fingerprint density at radius 1 is 0.236 bits per heavy atom. The third-order valence-electron chi connectivity index (χ3n) is 23.9. The first-order chi connectivity index (χ1) is 54.6. The molecule has 4 aliphatic heterocycles. The zero-order chi connectivity index (χ0) is 71.9. The molecule has 0 atom stereocenters. The van der Waals surface area contributed by atoms with E-state index in [-0.39, 0.29) is 0 Å². The second-order valence-electron chi connectivity index (χ2n) is 29.2. The maximum atomic E-state index is 5.53. The number of rotatable bonds is 6. The lowest BCUT2D eigenvalue weighted by atomic mass is 9.64. The van der Waals surface area contributed by atoms with Gasteiger partial charge >= 0.3 is 0 Å². The highest BCUT2D eigenvalue weighted by Crippen LogP contribution is 2.70. The molecule has 110 heavy (non-hydrogen) atoms. The molecule has 18 aromatic rings. The van der Waals surface area contributed by atoms with Crippen LogP contribution in [0.4, 0.5) is 68.4 Å². The van der Waals surface area contributed by atoms with Gasteiger partial charge in [-0.25, -0.2) is 4.98 Å². The molecule has 2 aliphatic carbocycles. The number of pyridine rings is 3. The number of anilines is 12. The lowest BCUT2D eigenvalue weighted by Gasteiger charge is -2.45. The molecule has 7 heterocycles. The summed E-state index contributed by atoms with van der Waals surface area (Å²) in [5.41, 5.74) is 33.4. The molecule has 0 saturated heterocycles. The molecular formula is C101H61N7S2. The van der Waals surface area contributed by atoms with Crippen LogP contribution >= 0.6 is 23.5 Å². The van der Waals surface area contributed by atoms with Gasteiger partial charge in [0.2, 0.25) is 0 Å². The Labute approximate surface area is 644 Å². The molecule has 0 unspecified atom stereocenters. The van der Waals surface area contributed by atoms with Crippen molar-refractivity contribution in [3.05, 3.63) is 415 Å². The zero-order valence-electron chi connectivity index (χ0n) is 59.2. The Balaban J connectivity index is 0.678. The van der Waals surface area contributed by atoms with Crippen molar-refractivity contribution in [3.63, 3.8) is 0 Å². The second-order valence-corrected chi connectivity index (χ2v) is 31.3. The Morgan fingerprint density at radius 2 is 0.673 bits per heavy atom. The van der Waals surface area contributed by atoms with Gasteiger partial charge in [-0.05, 0) is 188 Å². The Kier molecular flexibility index (Phi) is 13.1. The fourth-order valence-corrected chi connectivity index (χ4v) is 22.1. The van der Waals surface area contributed by atoms with E-state index < -0.39 is 10.8 Å². The average Bonchev–Trinajstić information content (AvgIpc) is 1.49. The van der Waals surface area contributed by atoms with Crippen molar-refractivity contribution in [2.24, 2.45) is 0 Å². The van der Waals surface area contributed by atoms with Gasteiger partial charge < -0.3 is 14.7 Å². The smallest absolute Gasteiger partial charge is 0.138 e. The van der Waals surface area contributed by atoms with Gasteiger partial charge in [0, 0.05) is 81.9 Å². The molecule has 0 amide bonds. The highest BCUT2D eigenvalue weighted by Gasteiger charge is 2.55. The largest absolute Gasteiger partial charge is 0.310 e. The predicted octanol–water partition coefficient (Wildman–Crippen LogP) is 26.8. The van der Waals surface area contributed by atoms with Crippen LogP contribution in [0.2, 0.25) is 0 Å². The van der Waals surface area contributed by atoms with E-state index in [0.717, 1.165) is 112 Å². The number of aromatic nitrogens is 3. The molecule has 6 aliphatic rings. The highest BCUT2D eigenvalue weighted by atomic mass is 32.2. The van der Waals surface area contributed by atoms with Gasteiger partial charge in [-0.2, -0.15) is 0 Å². The molecule has 7 nitrogen and oxygen atoms in total. The molecule has 2 spiro atoms. The molecular weight excluding hydrogens is 1380 g/mol. The van der Waals surface area contributed by atoms with Gasteiger partial charge in [-0.15, -0.1) is 0 Å². The van der Waals surface area contributed by atoms with Crippen LogP contribution in [0.25, 0.3) is 77.2 Å². The number of para-hydroxylation sites is 7. The summed E-state index contributed by atoms with van der Waals surface area (Å²) in [7, 11) is 0. The van der Waals surface area contributed by atoms with Crippen molar-refractivity contribution in [1.29, 1.82) is 0 Å². The number of nitrogens with zero attached hydrogens (tertiary/aromatic N) is 7. The third kappa shape index (κ3) is 8.39. The number of fused-ring (bicyclic) bond motifs is 28. The quantitative estimate of drug-likeness (QED) is 0.152.